The summed E-state index contributed by atoms with van der Waals surface area (Å²) in [6.07, 6.45) is 1.79. The molecule has 1 aromatic rings. The van der Waals surface area contributed by atoms with Crippen LogP contribution < -0.4 is 0 Å². The van der Waals surface area contributed by atoms with Crippen LogP contribution in [0.15, 0.2) is 22.7 Å². The first-order chi connectivity index (χ1) is 7.59. The highest BCUT2D eigenvalue weighted by Gasteiger charge is 2.44. The molecule has 2 nitrogen and oxygen atoms in total. The summed E-state index contributed by atoms with van der Waals surface area (Å²) in [5.41, 5.74) is 0.117. The van der Waals surface area contributed by atoms with E-state index in [1.54, 1.807) is 18.2 Å². The fourth-order valence-electron chi connectivity index (χ4n) is 2.01. The first-order valence-corrected chi connectivity index (χ1v) is 6.30. The van der Waals surface area contributed by atoms with Gasteiger partial charge in [-0.2, -0.15) is 5.26 Å². The minimum atomic E-state index is -0.739. The van der Waals surface area contributed by atoms with Gasteiger partial charge in [-0.3, -0.25) is 0 Å². The minimum absolute atomic E-state index is 0.559. The molecular weight excluding hydrogens is 289 g/mol. The lowest BCUT2D eigenvalue weighted by Gasteiger charge is -2.39. The van der Waals surface area contributed by atoms with E-state index in [1.165, 1.54) is 0 Å². The average Bonchev–Trinajstić information content (AvgIpc) is 2.21. The van der Waals surface area contributed by atoms with Crippen LogP contribution in [0.25, 0.3) is 0 Å². The van der Waals surface area contributed by atoms with E-state index in [4.69, 9.17) is 16.9 Å². The van der Waals surface area contributed by atoms with Crippen molar-refractivity contribution in [1.29, 1.82) is 5.26 Å². The Balaban J connectivity index is 2.31. The second-order valence-corrected chi connectivity index (χ2v) is 5.46. The molecule has 0 spiro atoms. The number of nitriles is 1. The van der Waals surface area contributed by atoms with Crippen molar-refractivity contribution in [1.82, 2.24) is 0 Å². The normalized spacial score (nSPS) is 19.6. The molecule has 1 unspecified atom stereocenters. The van der Waals surface area contributed by atoms with Crippen molar-refractivity contribution in [2.45, 2.75) is 25.4 Å². The van der Waals surface area contributed by atoms with Gasteiger partial charge in [0.2, 0.25) is 0 Å². The molecule has 1 aromatic carbocycles. The van der Waals surface area contributed by atoms with E-state index in [0.717, 1.165) is 29.3 Å². The van der Waals surface area contributed by atoms with Gasteiger partial charge in [0.05, 0.1) is 22.6 Å². The molecule has 84 valence electrons. The maximum Gasteiger partial charge on any atom is 0.0976 e. The number of rotatable bonds is 2. The van der Waals surface area contributed by atoms with Gasteiger partial charge >= 0.3 is 0 Å². The molecule has 4 heteroatoms. The van der Waals surface area contributed by atoms with E-state index < -0.39 is 11.5 Å². The van der Waals surface area contributed by atoms with Gasteiger partial charge in [0.15, 0.2) is 0 Å². The fraction of sp³-hybridized carbons (Fsp3) is 0.417. The SMILES string of the molecule is N#CC1(C(O)c2ccc(Br)c(Cl)c2)CCC1. The van der Waals surface area contributed by atoms with Crippen LogP contribution in [-0.4, -0.2) is 5.11 Å². The molecule has 1 fully saturated rings. The van der Waals surface area contributed by atoms with Crippen molar-refractivity contribution in [3.05, 3.63) is 33.3 Å². The molecule has 0 heterocycles. The van der Waals surface area contributed by atoms with Crippen molar-refractivity contribution < 1.29 is 5.11 Å². The lowest BCUT2D eigenvalue weighted by atomic mass is 9.65. The molecule has 1 saturated carbocycles. The van der Waals surface area contributed by atoms with Gasteiger partial charge in [0.1, 0.15) is 0 Å². The number of halogens is 2. The zero-order valence-corrected chi connectivity index (χ0v) is 10.9. The van der Waals surface area contributed by atoms with Crippen LogP contribution in [-0.2, 0) is 0 Å². The average molecular weight is 301 g/mol. The highest BCUT2D eigenvalue weighted by atomic mass is 79.9. The summed E-state index contributed by atoms with van der Waals surface area (Å²) in [5.74, 6) is 0. The van der Waals surface area contributed by atoms with Crippen molar-refractivity contribution in [3.63, 3.8) is 0 Å². The molecule has 0 aliphatic heterocycles. The molecule has 1 atom stereocenters. The topological polar surface area (TPSA) is 44.0 Å². The minimum Gasteiger partial charge on any atom is -0.387 e. The Labute approximate surface area is 108 Å². The predicted octanol–water partition coefficient (Wildman–Crippen LogP) is 3.83. The molecule has 1 N–H and O–H groups in total. The van der Waals surface area contributed by atoms with E-state index >= 15 is 0 Å². The Hall–Kier alpha value is -0.560. The summed E-state index contributed by atoms with van der Waals surface area (Å²) in [7, 11) is 0. The third-order valence-corrected chi connectivity index (χ3v) is 4.48. The van der Waals surface area contributed by atoms with Crippen LogP contribution in [0, 0.1) is 16.7 Å². The van der Waals surface area contributed by atoms with Crippen molar-refractivity contribution in [2.75, 3.05) is 0 Å². The second kappa shape index (κ2) is 4.37. The van der Waals surface area contributed by atoms with Gasteiger partial charge in [-0.25, -0.2) is 0 Å². The molecule has 0 amide bonds. The number of hydrogen-bond acceptors (Lipinski definition) is 2. The predicted molar refractivity (Wildman–Crippen MR) is 66.0 cm³/mol. The molecular formula is C12H11BrClNO. The molecule has 0 radical (unpaired) electrons. The van der Waals surface area contributed by atoms with E-state index in [0.29, 0.717) is 5.02 Å². The lowest BCUT2D eigenvalue weighted by molar-refractivity contribution is 0.00795. The van der Waals surface area contributed by atoms with Crippen molar-refractivity contribution in [2.24, 2.45) is 5.41 Å². The standard InChI is InChI=1S/C12H11BrClNO/c13-9-3-2-8(6-10(9)14)11(16)12(7-15)4-1-5-12/h2-3,6,11,16H,1,4-5H2. The number of hydrogen-bond donors (Lipinski definition) is 1. The quantitative estimate of drug-likeness (QED) is 0.902. The number of aliphatic hydroxyl groups excluding tert-OH is 1. The molecule has 2 rings (SSSR count). The summed E-state index contributed by atoms with van der Waals surface area (Å²) >= 11 is 9.27. The van der Waals surface area contributed by atoms with E-state index in [9.17, 15) is 5.11 Å². The van der Waals surface area contributed by atoms with Gasteiger partial charge in [-0.05, 0) is 46.5 Å². The maximum absolute atomic E-state index is 10.2. The van der Waals surface area contributed by atoms with E-state index in [-0.39, 0.29) is 0 Å². The third-order valence-electron chi connectivity index (χ3n) is 3.25. The van der Waals surface area contributed by atoms with E-state index in [1.807, 2.05) is 0 Å². The van der Waals surface area contributed by atoms with Gasteiger partial charge < -0.3 is 5.11 Å². The van der Waals surface area contributed by atoms with E-state index in [2.05, 4.69) is 22.0 Å². The Kier molecular flexibility index (Phi) is 3.25. The highest BCUT2D eigenvalue weighted by Crippen LogP contribution is 2.50. The highest BCUT2D eigenvalue weighted by molar-refractivity contribution is 9.10. The van der Waals surface area contributed by atoms with Crippen LogP contribution in [0.5, 0.6) is 0 Å². The number of aliphatic hydroxyl groups is 1. The van der Waals surface area contributed by atoms with Crippen molar-refractivity contribution >= 4 is 27.5 Å². The van der Waals surface area contributed by atoms with Gasteiger partial charge in [0, 0.05) is 4.47 Å². The van der Waals surface area contributed by atoms with Crippen LogP contribution in [0.1, 0.15) is 30.9 Å². The number of benzene rings is 1. The van der Waals surface area contributed by atoms with Gasteiger partial charge in [-0.15, -0.1) is 0 Å². The Bertz CT molecular complexity index is 451. The number of nitrogens with zero attached hydrogens (tertiary/aromatic N) is 1. The van der Waals surface area contributed by atoms with Crippen LogP contribution in [0.3, 0.4) is 0 Å². The molecule has 1 aliphatic rings. The Morgan fingerprint density at radius 1 is 1.50 bits per heavy atom. The molecule has 0 saturated heterocycles. The van der Waals surface area contributed by atoms with Crippen LogP contribution in [0.2, 0.25) is 5.02 Å². The molecule has 0 bridgehead atoms. The fourth-order valence-corrected chi connectivity index (χ4v) is 2.44. The lowest BCUT2D eigenvalue weighted by Crippen LogP contribution is -2.34. The van der Waals surface area contributed by atoms with Crippen LogP contribution in [0.4, 0.5) is 0 Å². The summed E-state index contributed by atoms with van der Waals surface area (Å²) in [5, 5.41) is 19.9. The monoisotopic (exact) mass is 299 g/mol. The molecule has 0 aromatic heterocycles. The second-order valence-electron chi connectivity index (χ2n) is 4.20. The summed E-state index contributed by atoms with van der Waals surface area (Å²) in [6, 6.07) is 7.56. The summed E-state index contributed by atoms with van der Waals surface area (Å²) < 4.78 is 0.796. The molecule has 1 aliphatic carbocycles. The Morgan fingerprint density at radius 3 is 2.62 bits per heavy atom. The largest absolute Gasteiger partial charge is 0.387 e. The zero-order chi connectivity index (χ0) is 11.8. The van der Waals surface area contributed by atoms with Gasteiger partial charge in [-0.1, -0.05) is 24.1 Å². The summed E-state index contributed by atoms with van der Waals surface area (Å²) in [6.45, 7) is 0. The third kappa shape index (κ3) is 1.86. The zero-order valence-electron chi connectivity index (χ0n) is 8.58. The molecule has 16 heavy (non-hydrogen) atoms. The summed E-state index contributed by atoms with van der Waals surface area (Å²) in [4.78, 5) is 0. The van der Waals surface area contributed by atoms with Gasteiger partial charge in [0.25, 0.3) is 0 Å². The smallest absolute Gasteiger partial charge is 0.0976 e. The van der Waals surface area contributed by atoms with Crippen LogP contribution >= 0.6 is 27.5 Å². The first kappa shape index (κ1) is 11.9. The maximum atomic E-state index is 10.2. The van der Waals surface area contributed by atoms with Crippen molar-refractivity contribution in [3.8, 4) is 6.07 Å². The first-order valence-electron chi connectivity index (χ1n) is 5.13. The Morgan fingerprint density at radius 2 is 2.19 bits per heavy atom.